The molecule has 244 valence electrons. The molecule has 14 heteroatoms. The van der Waals surface area contributed by atoms with E-state index in [2.05, 4.69) is 16.0 Å². The number of ether oxygens (including phenoxy) is 2. The number of carbonyl (C=O) groups excluding carboxylic acids is 2. The van der Waals surface area contributed by atoms with Gasteiger partial charge in [-0.05, 0) is 30.5 Å². The van der Waals surface area contributed by atoms with Gasteiger partial charge in [0, 0.05) is 55.1 Å². The highest BCUT2D eigenvalue weighted by Gasteiger charge is 2.30. The van der Waals surface area contributed by atoms with Crippen LogP contribution in [0.15, 0.2) is 58.3 Å². The van der Waals surface area contributed by atoms with Gasteiger partial charge in [-0.2, -0.15) is 0 Å². The van der Waals surface area contributed by atoms with Gasteiger partial charge in [-0.15, -0.1) is 0 Å². The molecule has 6 rings (SSSR count). The number of carbonyl (C=O) groups is 2. The Morgan fingerprint density at radius 3 is 2.55 bits per heavy atom. The molecule has 4 aromatic rings. The minimum Gasteiger partial charge on any atom is -0.481 e. The third-order valence-electron chi connectivity index (χ3n) is 8.38. The van der Waals surface area contributed by atoms with Crippen LogP contribution < -0.4 is 31.9 Å². The van der Waals surface area contributed by atoms with Crippen molar-refractivity contribution in [2.75, 3.05) is 32.2 Å². The maximum atomic E-state index is 13.1. The standard InChI is InChI=1S/C33H32Cl2N6O6/c1-40-14-22(32(44)41(2)33(40)45)30(43)38-24-9-5-7-20(29(24)35)19-6-4-8-21(28(19)34)25-12-17-10-11-23(27(17)31(39-25)46-3)36-13-18-15-47-16-26(42)37-18/h4-9,12,14,18,23,36H,10-11,13,15-16H2,1-3H3,(H,37,42)(H,38,43). The number of nitrogens with one attached hydrogen (secondary N) is 3. The maximum absolute atomic E-state index is 13.1. The first-order chi connectivity index (χ1) is 22.6. The fourth-order valence-electron chi connectivity index (χ4n) is 6.03. The Morgan fingerprint density at radius 1 is 1.09 bits per heavy atom. The smallest absolute Gasteiger partial charge is 0.330 e. The number of fused-ring (bicyclic) bond motifs is 1. The Hall–Kier alpha value is -4.49. The predicted octanol–water partition coefficient (Wildman–Crippen LogP) is 3.47. The van der Waals surface area contributed by atoms with Gasteiger partial charge in [0.2, 0.25) is 11.8 Å². The van der Waals surface area contributed by atoms with E-state index in [1.807, 2.05) is 24.3 Å². The largest absolute Gasteiger partial charge is 0.481 e. The number of aryl methyl sites for hydroxylation is 2. The topological polar surface area (TPSA) is 146 Å². The van der Waals surface area contributed by atoms with Gasteiger partial charge in [0.25, 0.3) is 11.5 Å². The van der Waals surface area contributed by atoms with E-state index in [0.29, 0.717) is 46.4 Å². The first kappa shape index (κ1) is 32.5. The Morgan fingerprint density at radius 2 is 1.81 bits per heavy atom. The molecule has 0 bridgehead atoms. The van der Waals surface area contributed by atoms with Gasteiger partial charge in [0.15, 0.2) is 0 Å². The van der Waals surface area contributed by atoms with E-state index in [1.165, 1.54) is 20.3 Å². The lowest BCUT2D eigenvalue weighted by Gasteiger charge is -2.26. The maximum Gasteiger partial charge on any atom is 0.330 e. The Balaban J connectivity index is 1.28. The first-order valence-electron chi connectivity index (χ1n) is 14.9. The van der Waals surface area contributed by atoms with E-state index < -0.39 is 17.2 Å². The average Bonchev–Trinajstić information content (AvgIpc) is 3.48. The number of hydrogen-bond donors (Lipinski definition) is 3. The molecule has 12 nitrogen and oxygen atoms in total. The Bertz CT molecular complexity index is 2030. The second-order valence-corrected chi connectivity index (χ2v) is 12.2. The van der Waals surface area contributed by atoms with Crippen LogP contribution in [-0.2, 0) is 30.0 Å². The number of methoxy groups -OCH3 is 1. The molecule has 3 N–H and O–H groups in total. The van der Waals surface area contributed by atoms with E-state index in [-0.39, 0.29) is 40.9 Å². The monoisotopic (exact) mass is 678 g/mol. The van der Waals surface area contributed by atoms with Gasteiger partial charge in [-0.3, -0.25) is 19.0 Å². The van der Waals surface area contributed by atoms with Crippen molar-refractivity contribution in [1.82, 2.24) is 24.8 Å². The van der Waals surface area contributed by atoms with Crippen LogP contribution in [0.3, 0.4) is 0 Å². The lowest BCUT2D eigenvalue weighted by molar-refractivity contribution is -0.131. The SMILES string of the molecule is COc1nc(-c2cccc(-c3cccc(NC(=O)c4cn(C)c(=O)n(C)c4=O)c3Cl)c2Cl)cc2c1C(NCC1COCC(=O)N1)CC2. The van der Waals surface area contributed by atoms with E-state index in [1.54, 1.807) is 25.3 Å². The zero-order chi connectivity index (χ0) is 33.4. The van der Waals surface area contributed by atoms with Crippen molar-refractivity contribution in [3.05, 3.63) is 96.2 Å². The molecule has 0 saturated carbocycles. The molecule has 2 atom stereocenters. The minimum absolute atomic E-state index is 0.000143. The molecular weight excluding hydrogens is 647 g/mol. The van der Waals surface area contributed by atoms with Crippen LogP contribution in [0.4, 0.5) is 5.69 Å². The zero-order valence-corrected chi connectivity index (χ0v) is 27.4. The van der Waals surface area contributed by atoms with Crippen molar-refractivity contribution in [2.45, 2.75) is 24.9 Å². The summed E-state index contributed by atoms with van der Waals surface area (Å²) < 4.78 is 13.1. The molecule has 1 aliphatic heterocycles. The lowest BCUT2D eigenvalue weighted by atomic mass is 9.99. The predicted molar refractivity (Wildman–Crippen MR) is 178 cm³/mol. The number of amides is 2. The summed E-state index contributed by atoms with van der Waals surface area (Å²) in [5.74, 6) is -0.339. The first-order valence-corrected chi connectivity index (χ1v) is 15.7. The molecule has 1 aliphatic carbocycles. The highest BCUT2D eigenvalue weighted by molar-refractivity contribution is 6.39. The van der Waals surface area contributed by atoms with Gasteiger partial charge < -0.3 is 30.0 Å². The summed E-state index contributed by atoms with van der Waals surface area (Å²) >= 11 is 13.9. The van der Waals surface area contributed by atoms with Gasteiger partial charge >= 0.3 is 5.69 Å². The van der Waals surface area contributed by atoms with Crippen molar-refractivity contribution in [1.29, 1.82) is 0 Å². The van der Waals surface area contributed by atoms with E-state index in [4.69, 9.17) is 37.7 Å². The highest BCUT2D eigenvalue weighted by atomic mass is 35.5. The van der Waals surface area contributed by atoms with Crippen LogP contribution in [0.1, 0.15) is 33.9 Å². The molecule has 1 fully saturated rings. The number of nitrogens with zero attached hydrogens (tertiary/aromatic N) is 3. The number of pyridine rings is 1. The van der Waals surface area contributed by atoms with E-state index >= 15 is 0 Å². The molecule has 3 heterocycles. The molecule has 0 spiro atoms. The summed E-state index contributed by atoms with van der Waals surface area (Å²) in [5, 5.41) is 9.78. The third-order valence-corrected chi connectivity index (χ3v) is 9.20. The molecule has 2 aliphatic rings. The van der Waals surface area contributed by atoms with Crippen LogP contribution in [0.2, 0.25) is 10.0 Å². The molecule has 47 heavy (non-hydrogen) atoms. The second-order valence-electron chi connectivity index (χ2n) is 11.5. The quantitative estimate of drug-likeness (QED) is 0.257. The molecule has 2 aromatic heterocycles. The molecular formula is C33H32Cl2N6O6. The van der Waals surface area contributed by atoms with Crippen LogP contribution in [0, 0.1) is 0 Å². The molecule has 1 saturated heterocycles. The summed E-state index contributed by atoms with van der Waals surface area (Å²) in [7, 11) is 4.34. The number of rotatable bonds is 8. The van der Waals surface area contributed by atoms with Crippen LogP contribution >= 0.6 is 23.2 Å². The number of benzene rings is 2. The Kier molecular flexibility index (Phi) is 9.20. The zero-order valence-electron chi connectivity index (χ0n) is 25.9. The molecule has 0 radical (unpaired) electrons. The van der Waals surface area contributed by atoms with Crippen molar-refractivity contribution in [2.24, 2.45) is 14.1 Å². The van der Waals surface area contributed by atoms with Gasteiger partial charge in [0.05, 0.1) is 41.2 Å². The fraction of sp³-hybridized carbons (Fsp3) is 0.303. The number of halogens is 2. The van der Waals surface area contributed by atoms with Crippen molar-refractivity contribution < 1.29 is 19.1 Å². The summed E-state index contributed by atoms with van der Waals surface area (Å²) in [4.78, 5) is 54.3. The number of aromatic nitrogens is 3. The van der Waals surface area contributed by atoms with Crippen molar-refractivity contribution >= 4 is 40.7 Å². The number of morpholine rings is 1. The normalized spacial score (nSPS) is 17.3. The highest BCUT2D eigenvalue weighted by Crippen LogP contribution is 2.44. The molecule has 2 aromatic carbocycles. The summed E-state index contributed by atoms with van der Waals surface area (Å²) in [6.07, 6.45) is 2.83. The second kappa shape index (κ2) is 13.3. The van der Waals surface area contributed by atoms with Crippen LogP contribution in [0.5, 0.6) is 5.88 Å². The van der Waals surface area contributed by atoms with Gasteiger partial charge in [0.1, 0.15) is 12.2 Å². The fourth-order valence-corrected chi connectivity index (χ4v) is 6.63. The average molecular weight is 680 g/mol. The van der Waals surface area contributed by atoms with Crippen LogP contribution in [0.25, 0.3) is 22.4 Å². The van der Waals surface area contributed by atoms with Gasteiger partial charge in [-0.1, -0.05) is 53.5 Å². The molecule has 2 amide bonds. The molecule has 2 unspecified atom stereocenters. The Labute approximate surface area is 279 Å². The summed E-state index contributed by atoms with van der Waals surface area (Å²) in [6, 6.07) is 12.5. The van der Waals surface area contributed by atoms with E-state index in [9.17, 15) is 19.2 Å². The van der Waals surface area contributed by atoms with Crippen molar-refractivity contribution in [3.8, 4) is 28.3 Å². The van der Waals surface area contributed by atoms with Gasteiger partial charge in [-0.25, -0.2) is 9.78 Å². The number of hydrogen-bond acceptors (Lipinski definition) is 8. The number of anilines is 1. The van der Waals surface area contributed by atoms with Crippen LogP contribution in [-0.4, -0.2) is 58.8 Å². The lowest BCUT2D eigenvalue weighted by Crippen LogP contribution is -2.50. The summed E-state index contributed by atoms with van der Waals surface area (Å²) in [6.45, 7) is 1.09. The van der Waals surface area contributed by atoms with E-state index in [0.717, 1.165) is 33.1 Å². The third kappa shape index (κ3) is 6.29. The van der Waals surface area contributed by atoms with Crippen molar-refractivity contribution in [3.63, 3.8) is 0 Å². The summed E-state index contributed by atoms with van der Waals surface area (Å²) in [5.41, 5.74) is 3.32. The minimum atomic E-state index is -0.722.